The highest BCUT2D eigenvalue weighted by Gasteiger charge is 2.21. The molecule has 0 saturated heterocycles. The quantitative estimate of drug-likeness (QED) is 0.199. The van der Waals surface area contributed by atoms with Crippen molar-refractivity contribution in [3.63, 3.8) is 0 Å². The van der Waals surface area contributed by atoms with Crippen LogP contribution >= 0.6 is 0 Å². The van der Waals surface area contributed by atoms with E-state index < -0.39 is 0 Å². The fraction of sp³-hybridized carbons (Fsp3) is 0. The third-order valence-corrected chi connectivity index (χ3v) is 9.01. The van der Waals surface area contributed by atoms with Gasteiger partial charge in [0.25, 0.3) is 0 Å². The molecule has 0 radical (unpaired) electrons. The summed E-state index contributed by atoms with van der Waals surface area (Å²) >= 11 is 0. The molecule has 216 valence electrons. The third-order valence-electron chi connectivity index (χ3n) is 9.01. The van der Waals surface area contributed by atoms with Crippen LogP contribution in [0, 0.1) is 0 Å². The Morgan fingerprint density at radius 1 is 0.348 bits per heavy atom. The second kappa shape index (κ2) is 10.8. The second-order valence-electron chi connectivity index (χ2n) is 11.8. The highest BCUT2D eigenvalue weighted by atomic mass is 16.3. The van der Waals surface area contributed by atoms with E-state index in [0.29, 0.717) is 0 Å². The summed E-state index contributed by atoms with van der Waals surface area (Å²) in [6.07, 6.45) is 0. The van der Waals surface area contributed by atoms with Gasteiger partial charge in [-0.1, -0.05) is 127 Å². The van der Waals surface area contributed by atoms with Gasteiger partial charge in [-0.2, -0.15) is 0 Å². The van der Waals surface area contributed by atoms with Crippen molar-refractivity contribution in [3.05, 3.63) is 176 Å². The number of hydrogen-bond donors (Lipinski definition) is 0. The summed E-state index contributed by atoms with van der Waals surface area (Å²) in [5.74, 6) is 0. The minimum Gasteiger partial charge on any atom is -0.456 e. The number of anilines is 3. The summed E-state index contributed by atoms with van der Waals surface area (Å²) in [7, 11) is 0. The topological polar surface area (TPSA) is 16.4 Å². The monoisotopic (exact) mass is 587 g/mol. The molecule has 2 heteroatoms. The van der Waals surface area contributed by atoms with Crippen molar-refractivity contribution >= 4 is 60.5 Å². The van der Waals surface area contributed by atoms with Crippen LogP contribution < -0.4 is 4.90 Å². The molecule has 0 N–H and O–H groups in total. The SMILES string of the molecule is c1ccc(-c2ccc(N(c3ccc4ccccc4c3)c3cc4c(cc3-c3ccccc3)oc3cc5ccccc5cc34)cc2)cc1. The van der Waals surface area contributed by atoms with Crippen molar-refractivity contribution in [2.75, 3.05) is 4.90 Å². The van der Waals surface area contributed by atoms with Crippen LogP contribution in [0.5, 0.6) is 0 Å². The van der Waals surface area contributed by atoms with Crippen LogP contribution in [0.15, 0.2) is 180 Å². The molecule has 1 heterocycles. The summed E-state index contributed by atoms with van der Waals surface area (Å²) in [5.41, 5.74) is 9.70. The molecule has 0 unspecified atom stereocenters. The standard InChI is InChI=1S/C44H29NO/c1-3-11-30(12-4-1)32-19-22-37(23-20-32)45(38-24-21-31-13-7-8-16-34(31)25-38)42-28-41-40-26-35-17-9-10-18-36(35)27-43(40)46-44(41)29-39(42)33-14-5-2-6-15-33/h1-29H. The van der Waals surface area contributed by atoms with Gasteiger partial charge in [-0.15, -0.1) is 0 Å². The maximum Gasteiger partial charge on any atom is 0.136 e. The first kappa shape index (κ1) is 26.3. The van der Waals surface area contributed by atoms with Crippen LogP contribution in [-0.4, -0.2) is 0 Å². The van der Waals surface area contributed by atoms with Crippen molar-refractivity contribution in [2.24, 2.45) is 0 Å². The van der Waals surface area contributed by atoms with Gasteiger partial charge in [-0.25, -0.2) is 0 Å². The predicted molar refractivity (Wildman–Crippen MR) is 194 cm³/mol. The fourth-order valence-corrected chi connectivity index (χ4v) is 6.71. The van der Waals surface area contributed by atoms with E-state index in [-0.39, 0.29) is 0 Å². The molecule has 0 saturated carbocycles. The lowest BCUT2D eigenvalue weighted by molar-refractivity contribution is 0.669. The van der Waals surface area contributed by atoms with E-state index in [0.717, 1.165) is 50.1 Å². The average molecular weight is 588 g/mol. The van der Waals surface area contributed by atoms with E-state index in [1.807, 2.05) is 0 Å². The molecule has 0 aliphatic heterocycles. The summed E-state index contributed by atoms with van der Waals surface area (Å²) < 4.78 is 6.57. The molecule has 0 aliphatic carbocycles. The van der Waals surface area contributed by atoms with Crippen molar-refractivity contribution in [2.45, 2.75) is 0 Å². The first-order chi connectivity index (χ1) is 22.8. The maximum absolute atomic E-state index is 6.57. The number of hydrogen-bond acceptors (Lipinski definition) is 2. The summed E-state index contributed by atoms with van der Waals surface area (Å²) in [6.45, 7) is 0. The molecule has 46 heavy (non-hydrogen) atoms. The zero-order valence-electron chi connectivity index (χ0n) is 25.1. The molecule has 2 nitrogen and oxygen atoms in total. The van der Waals surface area contributed by atoms with Gasteiger partial charge in [-0.05, 0) is 86.8 Å². The number of benzene rings is 8. The minimum atomic E-state index is 0.880. The van der Waals surface area contributed by atoms with Gasteiger partial charge in [0.15, 0.2) is 0 Å². The van der Waals surface area contributed by atoms with Crippen molar-refractivity contribution in [1.82, 2.24) is 0 Å². The van der Waals surface area contributed by atoms with Gasteiger partial charge in [0, 0.05) is 27.7 Å². The van der Waals surface area contributed by atoms with Crippen molar-refractivity contribution in [1.29, 1.82) is 0 Å². The minimum absolute atomic E-state index is 0.880. The van der Waals surface area contributed by atoms with Crippen LogP contribution in [0.1, 0.15) is 0 Å². The van der Waals surface area contributed by atoms with Crippen molar-refractivity contribution in [3.8, 4) is 22.3 Å². The zero-order chi connectivity index (χ0) is 30.5. The third kappa shape index (κ3) is 4.51. The van der Waals surface area contributed by atoms with E-state index >= 15 is 0 Å². The van der Waals surface area contributed by atoms with E-state index in [1.165, 1.54) is 32.7 Å². The lowest BCUT2D eigenvalue weighted by Gasteiger charge is -2.28. The Hall–Kier alpha value is -6.12. The van der Waals surface area contributed by atoms with E-state index in [4.69, 9.17) is 4.42 Å². The first-order valence-corrected chi connectivity index (χ1v) is 15.7. The lowest BCUT2D eigenvalue weighted by Crippen LogP contribution is -2.11. The van der Waals surface area contributed by atoms with E-state index in [9.17, 15) is 0 Å². The normalized spacial score (nSPS) is 11.5. The van der Waals surface area contributed by atoms with Crippen LogP contribution in [0.3, 0.4) is 0 Å². The smallest absolute Gasteiger partial charge is 0.136 e. The Bertz CT molecular complexity index is 2510. The molecule has 0 aliphatic rings. The van der Waals surface area contributed by atoms with Crippen LogP contribution in [-0.2, 0) is 0 Å². The lowest BCUT2D eigenvalue weighted by atomic mass is 9.98. The fourth-order valence-electron chi connectivity index (χ4n) is 6.71. The van der Waals surface area contributed by atoms with Gasteiger partial charge < -0.3 is 9.32 Å². The number of rotatable bonds is 5. The van der Waals surface area contributed by atoms with Gasteiger partial charge in [-0.3, -0.25) is 0 Å². The Morgan fingerprint density at radius 2 is 0.870 bits per heavy atom. The van der Waals surface area contributed by atoms with Gasteiger partial charge in [0.2, 0.25) is 0 Å². The van der Waals surface area contributed by atoms with Crippen LogP contribution in [0.25, 0.3) is 65.7 Å². The zero-order valence-corrected chi connectivity index (χ0v) is 25.1. The Labute approximate surface area is 267 Å². The molecule has 1 aromatic heterocycles. The number of nitrogens with zero attached hydrogens (tertiary/aromatic N) is 1. The van der Waals surface area contributed by atoms with Gasteiger partial charge in [0.05, 0.1) is 5.69 Å². The van der Waals surface area contributed by atoms with Gasteiger partial charge in [0.1, 0.15) is 11.2 Å². The van der Waals surface area contributed by atoms with Crippen LogP contribution in [0.2, 0.25) is 0 Å². The van der Waals surface area contributed by atoms with Crippen LogP contribution in [0.4, 0.5) is 17.1 Å². The largest absolute Gasteiger partial charge is 0.456 e. The van der Waals surface area contributed by atoms with E-state index in [2.05, 4.69) is 181 Å². The van der Waals surface area contributed by atoms with Crippen molar-refractivity contribution < 1.29 is 4.42 Å². The Morgan fingerprint density at radius 3 is 1.59 bits per heavy atom. The molecular weight excluding hydrogens is 558 g/mol. The summed E-state index contributed by atoms with van der Waals surface area (Å²) in [5, 5.41) is 7.02. The molecule has 0 bridgehead atoms. The molecule has 9 rings (SSSR count). The molecule has 8 aromatic carbocycles. The molecule has 0 fully saturated rings. The highest BCUT2D eigenvalue weighted by molar-refractivity contribution is 6.13. The number of furan rings is 1. The van der Waals surface area contributed by atoms with Gasteiger partial charge >= 0.3 is 0 Å². The summed E-state index contributed by atoms with van der Waals surface area (Å²) in [6, 6.07) is 62.8. The molecule has 9 aromatic rings. The maximum atomic E-state index is 6.57. The Kier molecular flexibility index (Phi) is 6.17. The van der Waals surface area contributed by atoms with E-state index in [1.54, 1.807) is 0 Å². The summed E-state index contributed by atoms with van der Waals surface area (Å²) in [4.78, 5) is 2.39. The molecule has 0 spiro atoms. The highest BCUT2D eigenvalue weighted by Crippen LogP contribution is 2.46. The molecular formula is C44H29NO. The first-order valence-electron chi connectivity index (χ1n) is 15.7. The Balaban J connectivity index is 1.33. The molecule has 0 amide bonds. The second-order valence-corrected chi connectivity index (χ2v) is 11.8. The molecule has 0 atom stereocenters. The average Bonchev–Trinajstić information content (AvgIpc) is 3.47. The number of fused-ring (bicyclic) bond motifs is 5. The predicted octanol–water partition coefficient (Wildman–Crippen LogP) is 12.7.